The van der Waals surface area contributed by atoms with Crippen LogP contribution in [0, 0.1) is 5.92 Å². The van der Waals surface area contributed by atoms with Crippen molar-refractivity contribution in [3.05, 3.63) is 0 Å². The minimum atomic E-state index is 0.286. The zero-order valence-electron chi connectivity index (χ0n) is 17.3. The lowest BCUT2D eigenvalue weighted by Crippen LogP contribution is -2.50. The molecule has 0 aromatic rings. The van der Waals surface area contributed by atoms with Crippen molar-refractivity contribution in [2.75, 3.05) is 66.0 Å². The third-order valence-corrected chi connectivity index (χ3v) is 6.40. The second-order valence-corrected chi connectivity index (χ2v) is 8.17. The van der Waals surface area contributed by atoms with Crippen LogP contribution in [-0.2, 0) is 4.79 Å². The number of nitrogens with zero attached hydrogens (tertiary/aromatic N) is 4. The second kappa shape index (κ2) is 10.3. The van der Waals surface area contributed by atoms with E-state index in [1.807, 2.05) is 7.05 Å². The van der Waals surface area contributed by atoms with Crippen molar-refractivity contribution >= 4 is 11.9 Å². The zero-order chi connectivity index (χ0) is 19.1. The quantitative estimate of drug-likeness (QED) is 0.523. The second-order valence-electron chi connectivity index (χ2n) is 8.17. The number of nitrogens with one attached hydrogen (secondary N) is 2. The summed E-state index contributed by atoms with van der Waals surface area (Å²) in [4.78, 5) is 24.0. The van der Waals surface area contributed by atoms with Gasteiger partial charge in [-0.15, -0.1) is 0 Å². The van der Waals surface area contributed by atoms with Crippen molar-refractivity contribution in [2.24, 2.45) is 10.9 Å². The molecule has 1 unspecified atom stereocenters. The van der Waals surface area contributed by atoms with Crippen LogP contribution in [0.4, 0.5) is 0 Å². The van der Waals surface area contributed by atoms with Crippen LogP contribution in [0.25, 0.3) is 0 Å². The summed E-state index contributed by atoms with van der Waals surface area (Å²) in [6.07, 6.45) is 5.62. The van der Waals surface area contributed by atoms with E-state index in [0.29, 0.717) is 11.9 Å². The van der Waals surface area contributed by atoms with Crippen molar-refractivity contribution < 1.29 is 4.79 Å². The number of carbonyl (C=O) groups excluding carboxylic acids is 1. The van der Waals surface area contributed by atoms with E-state index in [1.165, 1.54) is 25.9 Å². The first-order valence-corrected chi connectivity index (χ1v) is 10.9. The van der Waals surface area contributed by atoms with E-state index in [4.69, 9.17) is 0 Å². The molecular formula is C20H38N6O. The van der Waals surface area contributed by atoms with Gasteiger partial charge in [0.2, 0.25) is 5.91 Å². The lowest BCUT2D eigenvalue weighted by Gasteiger charge is -2.34. The molecule has 2 aliphatic heterocycles. The van der Waals surface area contributed by atoms with Crippen molar-refractivity contribution in [3.63, 3.8) is 0 Å². The van der Waals surface area contributed by atoms with Gasteiger partial charge in [-0.3, -0.25) is 14.7 Å². The molecular weight excluding hydrogens is 340 g/mol. The van der Waals surface area contributed by atoms with E-state index in [1.54, 1.807) is 0 Å². The lowest BCUT2D eigenvalue weighted by molar-refractivity contribution is -0.134. The summed E-state index contributed by atoms with van der Waals surface area (Å²) in [5, 5.41) is 6.96. The Hall–Kier alpha value is -1.34. The largest absolute Gasteiger partial charge is 0.355 e. The van der Waals surface area contributed by atoms with Gasteiger partial charge in [-0.1, -0.05) is 19.8 Å². The fourth-order valence-electron chi connectivity index (χ4n) is 4.56. The normalized spacial score (nSPS) is 25.9. The highest BCUT2D eigenvalue weighted by Gasteiger charge is 2.32. The Balaban J connectivity index is 1.34. The smallest absolute Gasteiger partial charge is 0.225 e. The molecule has 27 heavy (non-hydrogen) atoms. The number of aliphatic imine (C=N–C) groups is 1. The monoisotopic (exact) mass is 378 g/mol. The molecule has 7 nitrogen and oxygen atoms in total. The van der Waals surface area contributed by atoms with Gasteiger partial charge in [0.25, 0.3) is 0 Å². The van der Waals surface area contributed by atoms with Crippen molar-refractivity contribution in [2.45, 2.75) is 45.1 Å². The maximum atomic E-state index is 12.6. The third-order valence-electron chi connectivity index (χ3n) is 6.40. The molecule has 0 spiro atoms. The van der Waals surface area contributed by atoms with Gasteiger partial charge in [-0.05, 0) is 25.8 Å². The van der Waals surface area contributed by atoms with E-state index < -0.39 is 0 Å². The predicted molar refractivity (Wildman–Crippen MR) is 110 cm³/mol. The molecule has 2 N–H and O–H groups in total. The highest BCUT2D eigenvalue weighted by atomic mass is 16.2. The molecule has 1 aliphatic carbocycles. The molecule has 3 rings (SSSR count). The number of amides is 1. The van der Waals surface area contributed by atoms with Crippen molar-refractivity contribution in [1.82, 2.24) is 25.3 Å². The van der Waals surface area contributed by atoms with Gasteiger partial charge >= 0.3 is 0 Å². The molecule has 1 saturated carbocycles. The van der Waals surface area contributed by atoms with E-state index in [0.717, 1.165) is 71.0 Å². The summed E-state index contributed by atoms with van der Waals surface area (Å²) < 4.78 is 0. The number of hydrogen-bond donors (Lipinski definition) is 2. The van der Waals surface area contributed by atoms with E-state index >= 15 is 0 Å². The number of likely N-dealkylation sites (N-methyl/N-ethyl adjacent to an activating group) is 1. The first kappa shape index (κ1) is 20.4. The SMILES string of the molecule is CCN1CCN(CCNC(=NC)NC2CCN(C(=O)C3CCCC3)C2)CC1. The third kappa shape index (κ3) is 5.82. The molecule has 0 aromatic carbocycles. The van der Waals surface area contributed by atoms with Gasteiger partial charge in [0, 0.05) is 71.4 Å². The van der Waals surface area contributed by atoms with Gasteiger partial charge in [0.1, 0.15) is 0 Å². The summed E-state index contributed by atoms with van der Waals surface area (Å²) in [5.74, 6) is 1.53. The fourth-order valence-corrected chi connectivity index (χ4v) is 4.56. The Morgan fingerprint density at radius 3 is 2.41 bits per heavy atom. The van der Waals surface area contributed by atoms with Gasteiger partial charge in [0.05, 0.1) is 0 Å². The van der Waals surface area contributed by atoms with Gasteiger partial charge in [-0.2, -0.15) is 0 Å². The first-order chi connectivity index (χ1) is 13.2. The molecule has 154 valence electrons. The Kier molecular flexibility index (Phi) is 7.76. The number of piperazine rings is 1. The van der Waals surface area contributed by atoms with Crippen LogP contribution in [0.3, 0.4) is 0 Å². The molecule has 1 amide bonds. The molecule has 3 aliphatic rings. The zero-order valence-corrected chi connectivity index (χ0v) is 17.3. The molecule has 1 atom stereocenters. The molecule has 2 heterocycles. The number of likely N-dealkylation sites (tertiary alicyclic amines) is 1. The number of carbonyl (C=O) groups is 1. The fraction of sp³-hybridized carbons (Fsp3) is 0.900. The van der Waals surface area contributed by atoms with Crippen LogP contribution in [0.1, 0.15) is 39.0 Å². The highest BCUT2D eigenvalue weighted by Crippen LogP contribution is 2.27. The highest BCUT2D eigenvalue weighted by molar-refractivity contribution is 5.81. The van der Waals surface area contributed by atoms with Crippen molar-refractivity contribution in [3.8, 4) is 0 Å². The number of guanidine groups is 1. The molecule has 3 fully saturated rings. The minimum absolute atomic E-state index is 0.286. The van der Waals surface area contributed by atoms with Crippen LogP contribution in [0.15, 0.2) is 4.99 Å². The summed E-state index contributed by atoms with van der Waals surface area (Å²) in [6, 6.07) is 0.314. The first-order valence-electron chi connectivity index (χ1n) is 10.9. The lowest BCUT2D eigenvalue weighted by atomic mass is 10.1. The van der Waals surface area contributed by atoms with E-state index in [-0.39, 0.29) is 5.92 Å². The molecule has 2 saturated heterocycles. The Bertz CT molecular complexity index is 497. The Morgan fingerprint density at radius 1 is 1.04 bits per heavy atom. The van der Waals surface area contributed by atoms with Crippen LogP contribution in [-0.4, -0.2) is 98.6 Å². The molecule has 0 aromatic heterocycles. The van der Waals surface area contributed by atoms with E-state index in [2.05, 4.69) is 37.2 Å². The Labute approximate surface area is 164 Å². The molecule has 0 radical (unpaired) electrons. The number of rotatable bonds is 6. The maximum absolute atomic E-state index is 12.6. The standard InChI is InChI=1S/C20H38N6O/c1-3-24-12-14-25(15-13-24)11-9-22-20(21-2)23-18-8-10-26(16-18)19(27)17-6-4-5-7-17/h17-18H,3-16H2,1-2H3,(H2,21,22,23). The van der Waals surface area contributed by atoms with E-state index in [9.17, 15) is 4.79 Å². The summed E-state index contributed by atoms with van der Waals surface area (Å²) in [5.41, 5.74) is 0. The Morgan fingerprint density at radius 2 is 1.74 bits per heavy atom. The van der Waals surface area contributed by atoms with Crippen LogP contribution in [0.2, 0.25) is 0 Å². The number of hydrogen-bond acceptors (Lipinski definition) is 4. The van der Waals surface area contributed by atoms with Gasteiger partial charge < -0.3 is 20.4 Å². The topological polar surface area (TPSA) is 63.2 Å². The van der Waals surface area contributed by atoms with Gasteiger partial charge in [0.15, 0.2) is 5.96 Å². The molecule has 0 bridgehead atoms. The van der Waals surface area contributed by atoms with Gasteiger partial charge in [-0.25, -0.2) is 0 Å². The maximum Gasteiger partial charge on any atom is 0.225 e. The predicted octanol–water partition coefficient (Wildman–Crippen LogP) is 0.580. The average molecular weight is 379 g/mol. The van der Waals surface area contributed by atoms with Crippen LogP contribution >= 0.6 is 0 Å². The summed E-state index contributed by atoms with van der Waals surface area (Å²) in [6.45, 7) is 11.7. The summed E-state index contributed by atoms with van der Waals surface area (Å²) >= 11 is 0. The average Bonchev–Trinajstić information content (AvgIpc) is 3.39. The summed E-state index contributed by atoms with van der Waals surface area (Å²) in [7, 11) is 1.83. The van der Waals surface area contributed by atoms with Crippen molar-refractivity contribution in [1.29, 1.82) is 0 Å². The molecule has 7 heteroatoms. The van der Waals surface area contributed by atoms with Crippen LogP contribution in [0.5, 0.6) is 0 Å². The van der Waals surface area contributed by atoms with Crippen LogP contribution < -0.4 is 10.6 Å². The minimum Gasteiger partial charge on any atom is -0.355 e.